The molecule has 0 unspecified atom stereocenters. The van der Waals surface area contributed by atoms with E-state index in [9.17, 15) is 13.0 Å². The van der Waals surface area contributed by atoms with Gasteiger partial charge in [0.1, 0.15) is 0 Å². The summed E-state index contributed by atoms with van der Waals surface area (Å²) in [6.07, 6.45) is 0. The maximum absolute atomic E-state index is 9.29. The minimum atomic E-state index is -4.67. The van der Waals surface area contributed by atoms with E-state index in [0.717, 1.165) is 0 Å². The molecule has 0 aliphatic carbocycles. The maximum atomic E-state index is 9.29. The SMILES string of the molecule is O=S(=O)([O-])OCO. The molecule has 0 fully saturated rings. The molecule has 0 saturated heterocycles. The molecule has 1 N–H and O–H groups in total. The Balaban J connectivity index is 3.60. The molecule has 0 amide bonds. The summed E-state index contributed by atoms with van der Waals surface area (Å²) in [7, 11) is -4.67. The van der Waals surface area contributed by atoms with Crippen LogP contribution in [0.25, 0.3) is 0 Å². The van der Waals surface area contributed by atoms with E-state index in [-0.39, 0.29) is 0 Å². The van der Waals surface area contributed by atoms with Crippen LogP contribution in [0.3, 0.4) is 0 Å². The van der Waals surface area contributed by atoms with Crippen LogP contribution in [-0.2, 0) is 14.6 Å². The van der Waals surface area contributed by atoms with E-state index < -0.39 is 17.2 Å². The van der Waals surface area contributed by atoms with Gasteiger partial charge in [-0.25, -0.2) is 8.42 Å². The summed E-state index contributed by atoms with van der Waals surface area (Å²) in [5.74, 6) is 0. The van der Waals surface area contributed by atoms with Crippen molar-refractivity contribution in [2.45, 2.75) is 0 Å². The fraction of sp³-hybridized carbons (Fsp3) is 1.00. The summed E-state index contributed by atoms with van der Waals surface area (Å²) in [6, 6.07) is 0. The molecule has 0 aromatic heterocycles. The van der Waals surface area contributed by atoms with Crippen molar-refractivity contribution in [2.24, 2.45) is 0 Å². The van der Waals surface area contributed by atoms with Gasteiger partial charge in [-0.05, 0) is 0 Å². The standard InChI is InChI=1S/CH4O5S/c2-1-6-7(3,4)5/h2H,1H2,(H,3,4,5)/p-1. The van der Waals surface area contributed by atoms with E-state index in [0.29, 0.717) is 0 Å². The molecular weight excluding hydrogens is 124 g/mol. The van der Waals surface area contributed by atoms with Crippen LogP contribution in [0.5, 0.6) is 0 Å². The van der Waals surface area contributed by atoms with Crippen LogP contribution in [0.15, 0.2) is 0 Å². The molecule has 0 aliphatic rings. The van der Waals surface area contributed by atoms with Gasteiger partial charge in [-0.15, -0.1) is 0 Å². The van der Waals surface area contributed by atoms with Crippen molar-refractivity contribution in [2.75, 3.05) is 6.79 Å². The quantitative estimate of drug-likeness (QED) is 0.274. The topological polar surface area (TPSA) is 86.7 Å². The Bertz CT molecular complexity index is 121. The van der Waals surface area contributed by atoms with Gasteiger partial charge in [0, 0.05) is 0 Å². The summed E-state index contributed by atoms with van der Waals surface area (Å²) in [6.45, 7) is -1.09. The smallest absolute Gasteiger partial charge is 0.219 e. The second kappa shape index (κ2) is 2.22. The highest BCUT2D eigenvalue weighted by molar-refractivity contribution is 7.80. The van der Waals surface area contributed by atoms with Gasteiger partial charge in [0.25, 0.3) is 0 Å². The van der Waals surface area contributed by atoms with E-state index in [1.165, 1.54) is 0 Å². The van der Waals surface area contributed by atoms with Crippen LogP contribution in [0.2, 0.25) is 0 Å². The van der Waals surface area contributed by atoms with Crippen LogP contribution in [0.4, 0.5) is 0 Å². The molecule has 5 nitrogen and oxygen atoms in total. The monoisotopic (exact) mass is 127 g/mol. The third-order valence-electron chi connectivity index (χ3n) is 0.197. The highest BCUT2D eigenvalue weighted by atomic mass is 32.3. The molecule has 7 heavy (non-hydrogen) atoms. The molecule has 0 aliphatic heterocycles. The van der Waals surface area contributed by atoms with E-state index in [1.54, 1.807) is 0 Å². The first-order chi connectivity index (χ1) is 3.06. The van der Waals surface area contributed by atoms with Gasteiger partial charge in [0.2, 0.25) is 10.4 Å². The molecule has 0 spiro atoms. The van der Waals surface area contributed by atoms with Gasteiger partial charge in [0.05, 0.1) is 0 Å². The number of aliphatic hydroxyl groups excluding tert-OH is 1. The second-order valence-corrected chi connectivity index (χ2v) is 1.71. The lowest BCUT2D eigenvalue weighted by Gasteiger charge is -2.01. The lowest BCUT2D eigenvalue weighted by molar-refractivity contribution is 0.0904. The molecule has 0 aromatic carbocycles. The predicted octanol–water partition coefficient (Wildman–Crippen LogP) is -1.59. The molecule has 6 heteroatoms. The Hall–Kier alpha value is -0.170. The lowest BCUT2D eigenvalue weighted by atomic mass is 11.6. The number of hydrogen-bond donors (Lipinski definition) is 1. The summed E-state index contributed by atoms with van der Waals surface area (Å²) >= 11 is 0. The van der Waals surface area contributed by atoms with Gasteiger partial charge in [-0.1, -0.05) is 0 Å². The first-order valence-corrected chi connectivity index (χ1v) is 2.60. The Kier molecular flexibility index (Phi) is 2.16. The molecule has 0 rings (SSSR count). The molecule has 0 saturated carbocycles. The highest BCUT2D eigenvalue weighted by Crippen LogP contribution is 1.79. The fourth-order valence-electron chi connectivity index (χ4n) is 0.0645. The van der Waals surface area contributed by atoms with E-state index in [4.69, 9.17) is 5.11 Å². The largest absolute Gasteiger partial charge is 0.725 e. The van der Waals surface area contributed by atoms with Gasteiger partial charge >= 0.3 is 0 Å². The number of hydrogen-bond acceptors (Lipinski definition) is 5. The van der Waals surface area contributed by atoms with Crippen molar-refractivity contribution < 1.29 is 22.3 Å². The van der Waals surface area contributed by atoms with Crippen molar-refractivity contribution in [1.29, 1.82) is 0 Å². The van der Waals surface area contributed by atoms with Gasteiger partial charge in [-0.3, -0.25) is 4.18 Å². The van der Waals surface area contributed by atoms with Crippen molar-refractivity contribution in [3.8, 4) is 0 Å². The zero-order chi connectivity index (χ0) is 5.91. The van der Waals surface area contributed by atoms with E-state index in [1.807, 2.05) is 0 Å². The van der Waals surface area contributed by atoms with Crippen LogP contribution in [0, 0.1) is 0 Å². The lowest BCUT2D eigenvalue weighted by Crippen LogP contribution is -2.03. The van der Waals surface area contributed by atoms with Crippen molar-refractivity contribution in [3.63, 3.8) is 0 Å². The van der Waals surface area contributed by atoms with Crippen LogP contribution in [0.1, 0.15) is 0 Å². The third kappa shape index (κ3) is 5.83. The Morgan fingerprint density at radius 3 is 2.14 bits per heavy atom. The van der Waals surface area contributed by atoms with Crippen LogP contribution >= 0.6 is 0 Å². The molecular formula is CH3O5S-. The first-order valence-electron chi connectivity index (χ1n) is 1.27. The molecule has 0 heterocycles. The Morgan fingerprint density at radius 1 is 1.71 bits per heavy atom. The average molecular weight is 127 g/mol. The van der Waals surface area contributed by atoms with Gasteiger partial charge in [-0.2, -0.15) is 0 Å². The molecule has 0 aromatic rings. The van der Waals surface area contributed by atoms with Gasteiger partial charge in [0.15, 0.2) is 6.79 Å². The summed E-state index contributed by atoms with van der Waals surface area (Å²) in [5, 5.41) is 7.60. The van der Waals surface area contributed by atoms with Crippen molar-refractivity contribution in [1.82, 2.24) is 0 Å². The maximum Gasteiger partial charge on any atom is 0.219 e. The van der Waals surface area contributed by atoms with E-state index in [2.05, 4.69) is 4.18 Å². The Morgan fingerprint density at radius 2 is 2.14 bits per heavy atom. The molecule has 0 atom stereocenters. The number of aliphatic hydroxyl groups is 1. The predicted molar refractivity (Wildman–Crippen MR) is 17.9 cm³/mol. The summed E-state index contributed by atoms with van der Waals surface area (Å²) in [4.78, 5) is 0. The molecule has 0 radical (unpaired) electrons. The van der Waals surface area contributed by atoms with Crippen LogP contribution < -0.4 is 0 Å². The van der Waals surface area contributed by atoms with E-state index >= 15 is 0 Å². The second-order valence-electron chi connectivity index (χ2n) is 0.655. The minimum Gasteiger partial charge on any atom is -0.725 e. The Labute approximate surface area is 40.5 Å². The molecule has 44 valence electrons. The fourth-order valence-corrected chi connectivity index (χ4v) is 0.194. The average Bonchev–Trinajstić information content (AvgIpc) is 1.30. The zero-order valence-electron chi connectivity index (χ0n) is 3.20. The minimum absolute atomic E-state index is 1.09. The molecule has 0 bridgehead atoms. The number of rotatable bonds is 2. The first kappa shape index (κ1) is 6.83. The summed E-state index contributed by atoms with van der Waals surface area (Å²) < 4.78 is 31.1. The summed E-state index contributed by atoms with van der Waals surface area (Å²) in [5.41, 5.74) is 0. The van der Waals surface area contributed by atoms with Crippen molar-refractivity contribution >= 4 is 10.4 Å². The highest BCUT2D eigenvalue weighted by Gasteiger charge is 1.86. The van der Waals surface area contributed by atoms with Gasteiger partial charge < -0.3 is 9.66 Å². The zero-order valence-corrected chi connectivity index (χ0v) is 4.01. The normalized spacial score (nSPS) is 11.7. The van der Waals surface area contributed by atoms with Crippen LogP contribution in [-0.4, -0.2) is 24.9 Å². The third-order valence-corrected chi connectivity index (χ3v) is 0.591. The van der Waals surface area contributed by atoms with Crippen molar-refractivity contribution in [3.05, 3.63) is 0 Å².